The van der Waals surface area contributed by atoms with Crippen LogP contribution >= 0.6 is 11.8 Å². The summed E-state index contributed by atoms with van der Waals surface area (Å²) in [7, 11) is 0. The SMILES string of the molecule is CCc1nc(=O)n(C2CCCSC2)c(CC)c1CC(=O)O. The maximum absolute atomic E-state index is 12.4. The predicted molar refractivity (Wildman–Crippen MR) is 84.2 cm³/mol. The molecule has 1 atom stereocenters. The molecule has 0 amide bonds. The first kappa shape index (κ1) is 16.1. The monoisotopic (exact) mass is 310 g/mol. The predicted octanol–water partition coefficient (Wildman–Crippen LogP) is 2.06. The average Bonchev–Trinajstić information content (AvgIpc) is 2.48. The summed E-state index contributed by atoms with van der Waals surface area (Å²) in [6.07, 6.45) is 3.26. The molecule has 5 nitrogen and oxygen atoms in total. The minimum atomic E-state index is -0.871. The van der Waals surface area contributed by atoms with Gasteiger partial charge >= 0.3 is 11.7 Å². The first-order valence-electron chi connectivity index (χ1n) is 7.51. The summed E-state index contributed by atoms with van der Waals surface area (Å²) >= 11 is 1.85. The fourth-order valence-electron chi connectivity index (χ4n) is 3.00. The van der Waals surface area contributed by atoms with Crippen molar-refractivity contribution in [3.05, 3.63) is 27.4 Å². The molecule has 116 valence electrons. The van der Waals surface area contributed by atoms with Crippen LogP contribution < -0.4 is 5.69 Å². The van der Waals surface area contributed by atoms with Gasteiger partial charge in [0.1, 0.15) is 0 Å². The maximum Gasteiger partial charge on any atom is 0.348 e. The molecule has 0 saturated carbocycles. The third kappa shape index (κ3) is 3.48. The number of rotatable bonds is 5. The first-order valence-corrected chi connectivity index (χ1v) is 8.66. The normalized spacial score (nSPS) is 18.7. The maximum atomic E-state index is 12.4. The molecule has 6 heteroatoms. The Morgan fingerprint density at radius 1 is 1.43 bits per heavy atom. The number of aliphatic carboxylic acids is 1. The minimum Gasteiger partial charge on any atom is -0.481 e. The van der Waals surface area contributed by atoms with Crippen LogP contribution in [0, 0.1) is 0 Å². The number of nitrogens with zero attached hydrogens (tertiary/aromatic N) is 2. The van der Waals surface area contributed by atoms with Gasteiger partial charge in [0.05, 0.1) is 12.1 Å². The molecule has 0 aliphatic carbocycles. The van der Waals surface area contributed by atoms with E-state index in [1.165, 1.54) is 0 Å². The van der Waals surface area contributed by atoms with Gasteiger partial charge < -0.3 is 5.11 Å². The molecule has 0 bridgehead atoms. The number of thioether (sulfide) groups is 1. The highest BCUT2D eigenvalue weighted by atomic mass is 32.2. The first-order chi connectivity index (χ1) is 10.1. The van der Waals surface area contributed by atoms with Crippen molar-refractivity contribution < 1.29 is 9.90 Å². The fraction of sp³-hybridized carbons (Fsp3) is 0.667. The Balaban J connectivity index is 2.57. The zero-order valence-electron chi connectivity index (χ0n) is 12.6. The summed E-state index contributed by atoms with van der Waals surface area (Å²) < 4.78 is 1.77. The topological polar surface area (TPSA) is 72.2 Å². The quantitative estimate of drug-likeness (QED) is 0.901. The van der Waals surface area contributed by atoms with Crippen molar-refractivity contribution in [2.75, 3.05) is 11.5 Å². The molecule has 2 heterocycles. The van der Waals surface area contributed by atoms with Crippen molar-refractivity contribution in [2.45, 2.75) is 52.0 Å². The minimum absolute atomic E-state index is 0.0561. The van der Waals surface area contributed by atoms with Gasteiger partial charge in [0, 0.05) is 23.1 Å². The standard InChI is InChI=1S/C15H22N2O3S/c1-3-12-11(8-14(18)19)13(4-2)17(15(20)16-12)10-6-5-7-21-9-10/h10H,3-9H2,1-2H3,(H,18,19). The molecule has 2 rings (SSSR count). The Kier molecular flexibility index (Phi) is 5.45. The molecular weight excluding hydrogens is 288 g/mol. The van der Waals surface area contributed by atoms with E-state index in [0.29, 0.717) is 18.5 Å². The van der Waals surface area contributed by atoms with Crippen LogP contribution in [-0.2, 0) is 24.1 Å². The number of aryl methyl sites for hydroxylation is 1. The van der Waals surface area contributed by atoms with Gasteiger partial charge in [-0.3, -0.25) is 9.36 Å². The molecule has 1 N–H and O–H groups in total. The second kappa shape index (κ2) is 7.11. The Morgan fingerprint density at radius 3 is 2.71 bits per heavy atom. The van der Waals surface area contributed by atoms with Crippen LogP contribution in [0.2, 0.25) is 0 Å². The number of carbonyl (C=O) groups is 1. The largest absolute Gasteiger partial charge is 0.481 e. The van der Waals surface area contributed by atoms with E-state index in [9.17, 15) is 9.59 Å². The molecule has 0 spiro atoms. The van der Waals surface area contributed by atoms with Gasteiger partial charge in [-0.15, -0.1) is 0 Å². The number of aromatic nitrogens is 2. The summed E-state index contributed by atoms with van der Waals surface area (Å²) in [5.74, 6) is 1.17. The summed E-state index contributed by atoms with van der Waals surface area (Å²) in [6, 6.07) is 0.150. The van der Waals surface area contributed by atoms with Crippen LogP contribution in [0.15, 0.2) is 4.79 Å². The van der Waals surface area contributed by atoms with E-state index in [-0.39, 0.29) is 18.2 Å². The molecule has 1 aliphatic rings. The molecule has 1 aliphatic heterocycles. The van der Waals surface area contributed by atoms with Crippen LogP contribution in [-0.4, -0.2) is 32.1 Å². The Bertz CT molecular complexity index is 577. The molecule has 0 radical (unpaired) electrons. The van der Waals surface area contributed by atoms with Crippen LogP contribution in [0.1, 0.15) is 49.7 Å². The van der Waals surface area contributed by atoms with Crippen molar-refractivity contribution in [3.63, 3.8) is 0 Å². The van der Waals surface area contributed by atoms with Crippen LogP contribution in [0.5, 0.6) is 0 Å². The van der Waals surface area contributed by atoms with Crippen molar-refractivity contribution in [3.8, 4) is 0 Å². The van der Waals surface area contributed by atoms with E-state index < -0.39 is 5.97 Å². The number of carboxylic acids is 1. The van der Waals surface area contributed by atoms with E-state index in [4.69, 9.17) is 5.11 Å². The molecule has 1 fully saturated rings. The van der Waals surface area contributed by atoms with Gasteiger partial charge in [0.2, 0.25) is 0 Å². The van der Waals surface area contributed by atoms with E-state index in [0.717, 1.165) is 35.6 Å². The number of hydrogen-bond acceptors (Lipinski definition) is 4. The van der Waals surface area contributed by atoms with Crippen LogP contribution in [0.25, 0.3) is 0 Å². The van der Waals surface area contributed by atoms with E-state index in [1.54, 1.807) is 4.57 Å². The lowest BCUT2D eigenvalue weighted by Crippen LogP contribution is -2.35. The third-order valence-electron chi connectivity index (χ3n) is 3.92. The second-order valence-electron chi connectivity index (χ2n) is 5.28. The summed E-state index contributed by atoms with van der Waals surface area (Å²) in [4.78, 5) is 27.7. The zero-order chi connectivity index (χ0) is 15.4. The zero-order valence-corrected chi connectivity index (χ0v) is 13.4. The van der Waals surface area contributed by atoms with Gasteiger partial charge in [-0.25, -0.2) is 4.79 Å². The average molecular weight is 310 g/mol. The van der Waals surface area contributed by atoms with Gasteiger partial charge in [-0.05, 0) is 31.4 Å². The fourth-order valence-corrected chi connectivity index (χ4v) is 4.12. The molecule has 1 aromatic rings. The lowest BCUT2D eigenvalue weighted by molar-refractivity contribution is -0.136. The third-order valence-corrected chi connectivity index (χ3v) is 5.12. The smallest absolute Gasteiger partial charge is 0.348 e. The summed E-state index contributed by atoms with van der Waals surface area (Å²) in [6.45, 7) is 3.89. The van der Waals surface area contributed by atoms with Gasteiger partial charge in [0.25, 0.3) is 0 Å². The lowest BCUT2D eigenvalue weighted by Gasteiger charge is -2.27. The Labute approximate surface area is 128 Å². The van der Waals surface area contributed by atoms with Crippen molar-refractivity contribution >= 4 is 17.7 Å². The molecule has 1 unspecified atom stereocenters. The highest BCUT2D eigenvalue weighted by Gasteiger charge is 2.23. The van der Waals surface area contributed by atoms with E-state index in [2.05, 4.69) is 4.98 Å². The van der Waals surface area contributed by atoms with Gasteiger partial charge in [0.15, 0.2) is 0 Å². The highest BCUT2D eigenvalue weighted by molar-refractivity contribution is 7.99. The van der Waals surface area contributed by atoms with E-state index in [1.807, 2.05) is 25.6 Å². The second-order valence-corrected chi connectivity index (χ2v) is 6.43. The molecule has 1 aromatic heterocycles. The van der Waals surface area contributed by atoms with Gasteiger partial charge in [-0.2, -0.15) is 16.7 Å². The molecule has 0 aromatic carbocycles. The van der Waals surface area contributed by atoms with E-state index >= 15 is 0 Å². The molecule has 21 heavy (non-hydrogen) atoms. The number of carboxylic acid groups (broad SMARTS) is 1. The Hall–Kier alpha value is -1.30. The lowest BCUT2D eigenvalue weighted by atomic mass is 10.0. The summed E-state index contributed by atoms with van der Waals surface area (Å²) in [5.41, 5.74) is 2.02. The number of hydrogen-bond donors (Lipinski definition) is 1. The van der Waals surface area contributed by atoms with Crippen molar-refractivity contribution in [1.82, 2.24) is 9.55 Å². The van der Waals surface area contributed by atoms with Crippen LogP contribution in [0.4, 0.5) is 0 Å². The molecular formula is C15H22N2O3S. The van der Waals surface area contributed by atoms with Crippen LogP contribution in [0.3, 0.4) is 0 Å². The Morgan fingerprint density at radius 2 is 2.19 bits per heavy atom. The van der Waals surface area contributed by atoms with Crippen molar-refractivity contribution in [1.29, 1.82) is 0 Å². The summed E-state index contributed by atoms with van der Waals surface area (Å²) in [5, 5.41) is 9.16. The van der Waals surface area contributed by atoms with Crippen molar-refractivity contribution in [2.24, 2.45) is 0 Å². The molecule has 1 saturated heterocycles. The van der Waals surface area contributed by atoms with Gasteiger partial charge in [-0.1, -0.05) is 13.8 Å². The highest BCUT2D eigenvalue weighted by Crippen LogP contribution is 2.28.